The van der Waals surface area contributed by atoms with Crippen molar-refractivity contribution in [3.8, 4) is 0 Å². The Labute approximate surface area is 150 Å². The molecular weight excluding hydrogens is 341 g/mol. The molecule has 0 bridgehead atoms. The van der Waals surface area contributed by atoms with E-state index in [-0.39, 0.29) is 23.8 Å². The first-order chi connectivity index (χ1) is 11.9. The standard InChI is InChI=1S/C18H22FN3O2S/c1-18(19)8-11(9-18)21(15(23)10-6-7-10)20-22-16(24)14-12-4-2-3-5-13(12)25-17(14)22/h10-11,20H,2-9H2,1H3. The molecule has 2 heterocycles. The van der Waals surface area contributed by atoms with Crippen LogP contribution < -0.4 is 10.5 Å². The van der Waals surface area contributed by atoms with Gasteiger partial charge in [-0.1, -0.05) is 0 Å². The number of fused-ring (bicyclic) bond motifs is 3. The summed E-state index contributed by atoms with van der Waals surface area (Å²) in [6, 6.07) is -0.172. The summed E-state index contributed by atoms with van der Waals surface area (Å²) in [5.74, 6) is -0.0141. The van der Waals surface area contributed by atoms with Crippen LogP contribution in [0.25, 0.3) is 0 Å². The highest BCUT2D eigenvalue weighted by Crippen LogP contribution is 2.47. The van der Waals surface area contributed by atoms with E-state index >= 15 is 0 Å². The maximum Gasteiger partial charge on any atom is 0.278 e. The molecule has 2 amide bonds. The molecule has 25 heavy (non-hydrogen) atoms. The number of alkyl halides is 1. The van der Waals surface area contributed by atoms with E-state index in [4.69, 9.17) is 0 Å². The quantitative estimate of drug-likeness (QED) is 0.836. The van der Waals surface area contributed by atoms with E-state index in [1.807, 2.05) is 0 Å². The molecule has 0 radical (unpaired) electrons. The van der Waals surface area contributed by atoms with Crippen LogP contribution in [0.15, 0.2) is 0 Å². The highest BCUT2D eigenvalue weighted by molar-refractivity contribution is 7.17. The van der Waals surface area contributed by atoms with Gasteiger partial charge in [0.1, 0.15) is 10.7 Å². The smallest absolute Gasteiger partial charge is 0.273 e. The normalized spacial score (nSPS) is 30.2. The second kappa shape index (κ2) is 5.27. The van der Waals surface area contributed by atoms with Gasteiger partial charge >= 0.3 is 0 Å². The van der Waals surface area contributed by atoms with Gasteiger partial charge in [0.25, 0.3) is 5.91 Å². The second-order valence-corrected chi connectivity index (χ2v) is 9.17. The van der Waals surface area contributed by atoms with Crippen LogP contribution in [0.5, 0.6) is 0 Å². The molecule has 5 nitrogen and oxygen atoms in total. The molecule has 2 saturated carbocycles. The van der Waals surface area contributed by atoms with E-state index in [1.54, 1.807) is 23.3 Å². The lowest BCUT2D eigenvalue weighted by molar-refractivity contribution is -0.146. The predicted molar refractivity (Wildman–Crippen MR) is 93.0 cm³/mol. The number of aryl methyl sites for hydroxylation is 1. The SMILES string of the molecule is CC1(F)CC(N(NN2C(=O)c3c2sc2c3CCCC2)C(=O)C2CC2)C1. The molecule has 1 N–H and O–H groups in total. The third kappa shape index (κ3) is 2.43. The number of carbonyl (C=O) groups is 2. The van der Waals surface area contributed by atoms with E-state index in [0.29, 0.717) is 12.8 Å². The summed E-state index contributed by atoms with van der Waals surface area (Å²) < 4.78 is 14.0. The van der Waals surface area contributed by atoms with Crippen molar-refractivity contribution in [2.45, 2.75) is 70.0 Å². The zero-order valence-electron chi connectivity index (χ0n) is 14.3. The van der Waals surface area contributed by atoms with Crippen LogP contribution in [0.3, 0.4) is 0 Å². The molecule has 0 spiro atoms. The van der Waals surface area contributed by atoms with Gasteiger partial charge in [0.2, 0.25) is 5.91 Å². The zero-order chi connectivity index (χ0) is 17.3. The number of carbonyl (C=O) groups excluding carboxylic acids is 2. The summed E-state index contributed by atoms with van der Waals surface area (Å²) in [4.78, 5) is 26.6. The van der Waals surface area contributed by atoms with Crippen LogP contribution in [-0.2, 0) is 17.6 Å². The highest BCUT2D eigenvalue weighted by Gasteiger charge is 2.50. The molecule has 1 aromatic heterocycles. The van der Waals surface area contributed by atoms with Crippen LogP contribution >= 0.6 is 11.3 Å². The minimum Gasteiger partial charge on any atom is -0.273 e. The number of halogens is 1. The van der Waals surface area contributed by atoms with E-state index in [0.717, 1.165) is 42.7 Å². The van der Waals surface area contributed by atoms with Crippen LogP contribution in [0.2, 0.25) is 0 Å². The van der Waals surface area contributed by atoms with Gasteiger partial charge in [0.05, 0.1) is 11.6 Å². The minimum absolute atomic E-state index is 0.00284. The van der Waals surface area contributed by atoms with Gasteiger partial charge in [0.15, 0.2) is 0 Å². The molecule has 3 aliphatic carbocycles. The van der Waals surface area contributed by atoms with Crippen LogP contribution in [0, 0.1) is 5.92 Å². The number of nitrogens with zero attached hydrogens (tertiary/aromatic N) is 2. The van der Waals surface area contributed by atoms with Crippen molar-refractivity contribution in [2.75, 3.05) is 5.01 Å². The number of amides is 2. The average Bonchev–Trinajstić information content (AvgIpc) is 3.34. The summed E-state index contributed by atoms with van der Waals surface area (Å²) >= 11 is 1.66. The Morgan fingerprint density at radius 1 is 1.32 bits per heavy atom. The Kier molecular flexibility index (Phi) is 3.32. The fourth-order valence-corrected chi connectivity index (χ4v) is 5.56. The van der Waals surface area contributed by atoms with E-state index < -0.39 is 5.67 Å². The summed E-state index contributed by atoms with van der Waals surface area (Å²) in [7, 11) is 0. The first kappa shape index (κ1) is 15.8. The van der Waals surface area contributed by atoms with Crippen LogP contribution in [-0.4, -0.2) is 28.5 Å². The van der Waals surface area contributed by atoms with Crippen molar-refractivity contribution in [3.05, 3.63) is 16.0 Å². The van der Waals surface area contributed by atoms with E-state index in [1.165, 1.54) is 21.9 Å². The van der Waals surface area contributed by atoms with Crippen molar-refractivity contribution < 1.29 is 14.0 Å². The van der Waals surface area contributed by atoms with Crippen molar-refractivity contribution in [2.24, 2.45) is 5.92 Å². The van der Waals surface area contributed by atoms with E-state index in [9.17, 15) is 14.0 Å². The summed E-state index contributed by atoms with van der Waals surface area (Å²) in [6.07, 6.45) is 6.78. The topological polar surface area (TPSA) is 52.6 Å². The van der Waals surface area contributed by atoms with Crippen molar-refractivity contribution >= 4 is 28.2 Å². The first-order valence-electron chi connectivity index (χ1n) is 9.22. The highest BCUT2D eigenvalue weighted by atomic mass is 32.1. The number of nitrogens with one attached hydrogen (secondary N) is 1. The summed E-state index contributed by atoms with van der Waals surface area (Å²) in [6.45, 7) is 1.57. The Morgan fingerprint density at radius 3 is 2.72 bits per heavy atom. The number of anilines is 1. The number of hydrogen-bond donors (Lipinski definition) is 1. The van der Waals surface area contributed by atoms with Crippen molar-refractivity contribution in [3.63, 3.8) is 0 Å². The second-order valence-electron chi connectivity index (χ2n) is 8.09. The van der Waals surface area contributed by atoms with Crippen LogP contribution in [0.1, 0.15) is 66.2 Å². The minimum atomic E-state index is -1.21. The third-order valence-electron chi connectivity index (χ3n) is 5.83. The molecule has 7 heteroatoms. The number of hydrogen-bond acceptors (Lipinski definition) is 4. The van der Waals surface area contributed by atoms with Gasteiger partial charge in [-0.05, 0) is 51.0 Å². The summed E-state index contributed by atoms with van der Waals surface area (Å²) in [5.41, 5.74) is 3.89. The lowest BCUT2D eigenvalue weighted by Crippen LogP contribution is -2.65. The number of hydrazine groups is 2. The Hall–Kier alpha value is -1.47. The predicted octanol–water partition coefficient (Wildman–Crippen LogP) is 3.14. The molecule has 2 fully saturated rings. The van der Waals surface area contributed by atoms with Gasteiger partial charge in [0, 0.05) is 23.6 Å². The third-order valence-corrected chi connectivity index (χ3v) is 7.11. The molecule has 0 unspecified atom stereocenters. The van der Waals surface area contributed by atoms with Gasteiger partial charge in [-0.2, -0.15) is 0 Å². The van der Waals surface area contributed by atoms with Crippen molar-refractivity contribution in [1.82, 2.24) is 10.5 Å². The first-order valence-corrected chi connectivity index (χ1v) is 10.0. The van der Waals surface area contributed by atoms with Crippen LogP contribution in [0.4, 0.5) is 9.39 Å². The molecular formula is C18H22FN3O2S. The van der Waals surface area contributed by atoms with Gasteiger partial charge in [-0.3, -0.25) is 14.6 Å². The zero-order valence-corrected chi connectivity index (χ0v) is 15.1. The maximum absolute atomic E-state index is 14.0. The average molecular weight is 363 g/mol. The monoisotopic (exact) mass is 363 g/mol. The maximum atomic E-state index is 14.0. The van der Waals surface area contributed by atoms with Gasteiger partial charge < -0.3 is 0 Å². The summed E-state index contributed by atoms with van der Waals surface area (Å²) in [5, 5.41) is 3.97. The fourth-order valence-electron chi connectivity index (χ4n) is 4.22. The van der Waals surface area contributed by atoms with Crippen molar-refractivity contribution in [1.29, 1.82) is 0 Å². The Balaban J connectivity index is 1.38. The lowest BCUT2D eigenvalue weighted by atomic mass is 9.78. The molecule has 0 saturated heterocycles. The molecule has 1 aliphatic heterocycles. The molecule has 0 atom stereocenters. The van der Waals surface area contributed by atoms with Gasteiger partial charge in [-0.15, -0.1) is 16.9 Å². The van der Waals surface area contributed by atoms with E-state index in [2.05, 4.69) is 5.53 Å². The molecule has 5 rings (SSSR count). The number of thiophene rings is 1. The molecule has 4 aliphatic rings. The largest absolute Gasteiger partial charge is 0.278 e. The number of rotatable bonds is 4. The fraction of sp³-hybridized carbons (Fsp3) is 0.667. The van der Waals surface area contributed by atoms with Gasteiger partial charge in [-0.25, -0.2) is 9.40 Å². The molecule has 134 valence electrons. The molecule has 0 aromatic carbocycles. The lowest BCUT2D eigenvalue weighted by Gasteiger charge is -2.47. The molecule has 1 aromatic rings. The Morgan fingerprint density at radius 2 is 2.04 bits per heavy atom. The Bertz CT molecular complexity index is 763.